The van der Waals surface area contributed by atoms with E-state index in [0.29, 0.717) is 5.69 Å². The van der Waals surface area contributed by atoms with E-state index in [1.165, 1.54) is 25.3 Å². The van der Waals surface area contributed by atoms with Crippen LogP contribution in [0.5, 0.6) is 0 Å². The minimum absolute atomic E-state index is 0.180. The first-order valence-corrected chi connectivity index (χ1v) is 7.83. The number of carbonyl (C=O) groups excluding carboxylic acids is 1. The first kappa shape index (κ1) is 16.3. The molecule has 0 aliphatic carbocycles. The molecular weight excluding hydrogens is 326 g/mol. The second-order valence-electron chi connectivity index (χ2n) is 4.57. The van der Waals surface area contributed by atoms with Crippen molar-refractivity contribution in [2.45, 2.75) is 6.92 Å². The molecule has 0 amide bonds. The molecule has 7 heteroatoms. The highest BCUT2D eigenvalue weighted by atomic mass is 35.5. The summed E-state index contributed by atoms with van der Waals surface area (Å²) in [7, 11) is -1.71. The lowest BCUT2D eigenvalue weighted by Crippen LogP contribution is -2.15. The fraction of sp³-hybridized carbons (Fsp3) is 0.133. The molecule has 0 fully saturated rings. The Morgan fingerprint density at radius 2 is 1.73 bits per heavy atom. The van der Waals surface area contributed by atoms with Gasteiger partial charge in [-0.25, -0.2) is 17.5 Å². The van der Waals surface area contributed by atoms with Crippen LogP contribution >= 0.6 is 11.6 Å². The molecule has 0 aliphatic rings. The first-order chi connectivity index (χ1) is 10.4. The molecule has 2 aromatic rings. The van der Waals surface area contributed by atoms with E-state index in [4.69, 9.17) is 11.6 Å². The molecular formula is C15H14ClNO4S. The van der Waals surface area contributed by atoms with E-state index >= 15 is 0 Å². The van der Waals surface area contributed by atoms with Gasteiger partial charge in [0, 0.05) is 5.02 Å². The van der Waals surface area contributed by atoms with Crippen molar-refractivity contribution >= 4 is 39.8 Å². The van der Waals surface area contributed by atoms with Crippen LogP contribution in [0.1, 0.15) is 15.9 Å². The third-order valence-electron chi connectivity index (χ3n) is 2.99. The Bertz CT molecular complexity index is 764. The van der Waals surface area contributed by atoms with Crippen molar-refractivity contribution < 1.29 is 17.9 Å². The number of hydrogen-bond donors (Lipinski definition) is 1. The highest BCUT2D eigenvalue weighted by molar-refractivity contribution is 7.74. The number of halogens is 1. The maximum Gasteiger partial charge on any atom is 0.337 e. The van der Waals surface area contributed by atoms with Gasteiger partial charge in [-0.15, -0.1) is 0 Å². The number of ether oxygens (including phenoxy) is 1. The number of anilines is 2. The minimum atomic E-state index is -2.95. The minimum Gasteiger partial charge on any atom is -0.465 e. The van der Waals surface area contributed by atoms with Gasteiger partial charge in [-0.2, -0.15) is 0 Å². The number of aryl methyl sites for hydroxylation is 1. The molecule has 22 heavy (non-hydrogen) atoms. The zero-order chi connectivity index (χ0) is 16.3. The molecule has 0 heterocycles. The smallest absolute Gasteiger partial charge is 0.337 e. The zero-order valence-electron chi connectivity index (χ0n) is 11.9. The van der Waals surface area contributed by atoms with Gasteiger partial charge < -0.3 is 4.74 Å². The van der Waals surface area contributed by atoms with Crippen LogP contribution in [-0.4, -0.2) is 21.5 Å². The second-order valence-corrected chi connectivity index (χ2v) is 5.89. The molecule has 0 radical (unpaired) electrons. The van der Waals surface area contributed by atoms with Crippen LogP contribution in [0.2, 0.25) is 5.02 Å². The topological polar surface area (TPSA) is 63.7 Å². The third-order valence-corrected chi connectivity index (χ3v) is 4.00. The fourth-order valence-corrected chi connectivity index (χ4v) is 2.81. The number of esters is 1. The lowest BCUT2D eigenvalue weighted by Gasteiger charge is -2.19. The van der Waals surface area contributed by atoms with Crippen molar-refractivity contribution in [3.05, 3.63) is 58.6 Å². The van der Waals surface area contributed by atoms with Gasteiger partial charge in [0.25, 0.3) is 0 Å². The highest BCUT2D eigenvalue weighted by Gasteiger charge is 2.16. The van der Waals surface area contributed by atoms with E-state index in [-0.39, 0.29) is 16.3 Å². The highest BCUT2D eigenvalue weighted by Crippen LogP contribution is 2.29. The predicted molar refractivity (Wildman–Crippen MR) is 86.4 cm³/mol. The van der Waals surface area contributed by atoms with Crippen molar-refractivity contribution in [1.82, 2.24) is 0 Å². The summed E-state index contributed by atoms with van der Waals surface area (Å²) in [5.41, 5.74) is 1.91. The van der Waals surface area contributed by atoms with Gasteiger partial charge in [0.05, 0.1) is 24.0 Å². The van der Waals surface area contributed by atoms with E-state index in [2.05, 4.69) is 4.74 Å². The number of thiol groups is 1. The van der Waals surface area contributed by atoms with Crippen molar-refractivity contribution in [3.8, 4) is 0 Å². The van der Waals surface area contributed by atoms with Crippen molar-refractivity contribution in [3.63, 3.8) is 0 Å². The third kappa shape index (κ3) is 3.58. The normalized spacial score (nSPS) is 10.5. The van der Waals surface area contributed by atoms with E-state index in [0.717, 1.165) is 9.87 Å². The molecule has 2 aromatic carbocycles. The Kier molecular flexibility index (Phi) is 5.05. The van der Waals surface area contributed by atoms with Crippen LogP contribution in [0, 0.1) is 6.92 Å². The van der Waals surface area contributed by atoms with Crippen molar-refractivity contribution in [2.75, 3.05) is 11.4 Å². The molecule has 2 rings (SSSR count). The Balaban J connectivity index is 2.56. The summed E-state index contributed by atoms with van der Waals surface area (Å²) in [5, 5.41) is 0.242. The zero-order valence-corrected chi connectivity index (χ0v) is 13.6. The predicted octanol–water partition coefficient (Wildman–Crippen LogP) is 3.10. The molecule has 0 bridgehead atoms. The average molecular weight is 340 g/mol. The van der Waals surface area contributed by atoms with Crippen molar-refractivity contribution in [2.24, 2.45) is 0 Å². The second kappa shape index (κ2) is 6.81. The number of methoxy groups -OCH3 is 1. The van der Waals surface area contributed by atoms with E-state index in [1.807, 2.05) is 6.92 Å². The maximum atomic E-state index is 11.7. The molecule has 5 nitrogen and oxygen atoms in total. The van der Waals surface area contributed by atoms with E-state index in [1.54, 1.807) is 24.3 Å². The SMILES string of the molecule is COC(=O)c1cc(Cl)cc(N(c2ccc(C)cc2)[SH](=O)=O)c1. The van der Waals surface area contributed by atoms with Crippen LogP contribution in [0.4, 0.5) is 11.4 Å². The molecule has 0 saturated heterocycles. The summed E-state index contributed by atoms with van der Waals surface area (Å²) < 4.78 is 29.0. The monoisotopic (exact) mass is 339 g/mol. The van der Waals surface area contributed by atoms with E-state index < -0.39 is 16.9 Å². The van der Waals surface area contributed by atoms with Crippen molar-refractivity contribution in [1.29, 1.82) is 0 Å². The van der Waals surface area contributed by atoms with Gasteiger partial charge in [0.15, 0.2) is 0 Å². The summed E-state index contributed by atoms with van der Waals surface area (Å²) in [4.78, 5) is 11.6. The van der Waals surface area contributed by atoms with Crippen LogP contribution in [0.25, 0.3) is 0 Å². The van der Waals surface area contributed by atoms with Gasteiger partial charge in [0.2, 0.25) is 10.9 Å². The first-order valence-electron chi connectivity index (χ1n) is 6.32. The summed E-state index contributed by atoms with van der Waals surface area (Å²) in [5.74, 6) is -0.589. The molecule has 116 valence electrons. The number of rotatable bonds is 4. The summed E-state index contributed by atoms with van der Waals surface area (Å²) >= 11 is 5.98. The Hall–Kier alpha value is -2.05. The van der Waals surface area contributed by atoms with Crippen LogP contribution < -0.4 is 4.31 Å². The average Bonchev–Trinajstić information content (AvgIpc) is 2.47. The lowest BCUT2D eigenvalue weighted by molar-refractivity contribution is 0.0600. The molecule has 0 unspecified atom stereocenters. The van der Waals surface area contributed by atoms with Gasteiger partial charge in [-0.05, 0) is 37.3 Å². The number of hydrogen-bond acceptors (Lipinski definition) is 4. The molecule has 0 aromatic heterocycles. The van der Waals surface area contributed by atoms with Crippen LogP contribution in [-0.2, 0) is 15.6 Å². The fourth-order valence-electron chi connectivity index (χ4n) is 1.96. The van der Waals surface area contributed by atoms with Gasteiger partial charge in [-0.1, -0.05) is 29.3 Å². The molecule has 0 aliphatic heterocycles. The molecule has 0 atom stereocenters. The largest absolute Gasteiger partial charge is 0.465 e. The molecule has 0 spiro atoms. The molecule has 0 N–H and O–H groups in total. The van der Waals surface area contributed by atoms with E-state index in [9.17, 15) is 13.2 Å². The van der Waals surface area contributed by atoms with Crippen LogP contribution in [0.3, 0.4) is 0 Å². The van der Waals surface area contributed by atoms with Gasteiger partial charge >= 0.3 is 5.97 Å². The quantitative estimate of drug-likeness (QED) is 0.686. The number of carbonyl (C=O) groups is 1. The number of nitrogens with zero attached hydrogens (tertiary/aromatic N) is 1. The Labute approximate surface area is 135 Å². The standard InChI is InChI=1S/C15H14ClNO4S/c1-10-3-5-13(6-4-10)17(22(19)20)14-8-11(15(18)21-2)7-12(16)9-14/h3-9,22H,1-2H3. The summed E-state index contributed by atoms with van der Waals surface area (Å²) in [6.07, 6.45) is 0. The Morgan fingerprint density at radius 3 is 2.27 bits per heavy atom. The number of benzene rings is 2. The molecule has 0 saturated carbocycles. The van der Waals surface area contributed by atoms with Gasteiger partial charge in [0.1, 0.15) is 0 Å². The van der Waals surface area contributed by atoms with Crippen LogP contribution in [0.15, 0.2) is 42.5 Å². The van der Waals surface area contributed by atoms with Gasteiger partial charge in [-0.3, -0.25) is 0 Å². The summed E-state index contributed by atoms with van der Waals surface area (Å²) in [6.45, 7) is 1.90. The summed E-state index contributed by atoms with van der Waals surface area (Å²) in [6, 6.07) is 11.3. The maximum absolute atomic E-state index is 11.7. The lowest BCUT2D eigenvalue weighted by atomic mass is 10.2. The Morgan fingerprint density at radius 1 is 1.09 bits per heavy atom.